The number of carbonyl (C=O) groups is 1. The first-order valence-electron chi connectivity index (χ1n) is 7.69. The molecule has 24 heavy (non-hydrogen) atoms. The van der Waals surface area contributed by atoms with Gasteiger partial charge in [-0.15, -0.1) is 0 Å². The topological polar surface area (TPSA) is 50.4 Å². The molecule has 2 aromatic carbocycles. The van der Waals surface area contributed by atoms with Crippen molar-refractivity contribution in [3.63, 3.8) is 0 Å². The van der Waals surface area contributed by atoms with Gasteiger partial charge in [0.1, 0.15) is 5.75 Å². The zero-order valence-corrected chi connectivity index (χ0v) is 15.1. The Morgan fingerprint density at radius 1 is 1.12 bits per heavy atom. The standard InChI is InChI=1S/C18H20Cl2N2O2/c1-12(2)24-15-6-4-14(5-7-15)22-18(23)9-10-21-17-11-13(19)3-8-16(17)20/h3-8,11-12,21H,9-10H2,1-2H3,(H,22,23). The van der Waals surface area contributed by atoms with Crippen LogP contribution in [0, 0.1) is 0 Å². The zero-order chi connectivity index (χ0) is 17.5. The predicted molar refractivity (Wildman–Crippen MR) is 100 cm³/mol. The lowest BCUT2D eigenvalue weighted by Gasteiger charge is -2.11. The maximum absolute atomic E-state index is 12.0. The van der Waals surface area contributed by atoms with Crippen LogP contribution in [0.15, 0.2) is 42.5 Å². The summed E-state index contributed by atoms with van der Waals surface area (Å²) in [5, 5.41) is 7.11. The third kappa shape index (κ3) is 5.95. The molecule has 0 unspecified atom stereocenters. The van der Waals surface area contributed by atoms with Crippen molar-refractivity contribution in [2.45, 2.75) is 26.4 Å². The molecule has 0 bridgehead atoms. The molecule has 0 aliphatic heterocycles. The van der Waals surface area contributed by atoms with Crippen LogP contribution < -0.4 is 15.4 Å². The Labute approximate surface area is 152 Å². The molecule has 0 fully saturated rings. The highest BCUT2D eigenvalue weighted by Gasteiger charge is 2.05. The normalized spacial score (nSPS) is 10.5. The van der Waals surface area contributed by atoms with Crippen LogP contribution in [0.1, 0.15) is 20.3 Å². The van der Waals surface area contributed by atoms with Gasteiger partial charge in [-0.1, -0.05) is 23.2 Å². The van der Waals surface area contributed by atoms with E-state index < -0.39 is 0 Å². The highest BCUT2D eigenvalue weighted by atomic mass is 35.5. The van der Waals surface area contributed by atoms with Crippen LogP contribution in [0.3, 0.4) is 0 Å². The van der Waals surface area contributed by atoms with Gasteiger partial charge in [0.15, 0.2) is 0 Å². The fourth-order valence-corrected chi connectivity index (χ4v) is 2.41. The minimum Gasteiger partial charge on any atom is -0.491 e. The Kier molecular flexibility index (Phi) is 6.76. The number of ether oxygens (including phenoxy) is 1. The minimum absolute atomic E-state index is 0.0850. The van der Waals surface area contributed by atoms with Crippen molar-refractivity contribution >= 4 is 40.5 Å². The summed E-state index contributed by atoms with van der Waals surface area (Å²) in [5.74, 6) is 0.693. The quantitative estimate of drug-likeness (QED) is 0.705. The number of amides is 1. The molecule has 128 valence electrons. The van der Waals surface area contributed by atoms with Crippen molar-refractivity contribution in [1.82, 2.24) is 0 Å². The second-order valence-electron chi connectivity index (χ2n) is 5.54. The van der Waals surface area contributed by atoms with Gasteiger partial charge in [0.25, 0.3) is 0 Å². The molecule has 1 amide bonds. The SMILES string of the molecule is CC(C)Oc1ccc(NC(=O)CCNc2cc(Cl)ccc2Cl)cc1. The molecule has 0 spiro atoms. The van der Waals surface area contributed by atoms with E-state index in [0.717, 1.165) is 11.4 Å². The summed E-state index contributed by atoms with van der Waals surface area (Å²) in [4.78, 5) is 12.0. The molecule has 2 N–H and O–H groups in total. The van der Waals surface area contributed by atoms with Crippen LogP contribution in [0.25, 0.3) is 0 Å². The van der Waals surface area contributed by atoms with E-state index >= 15 is 0 Å². The van der Waals surface area contributed by atoms with Crippen molar-refractivity contribution in [3.8, 4) is 5.75 Å². The first-order chi connectivity index (χ1) is 11.4. The monoisotopic (exact) mass is 366 g/mol. The Morgan fingerprint density at radius 3 is 2.50 bits per heavy atom. The molecule has 0 atom stereocenters. The van der Waals surface area contributed by atoms with Crippen molar-refractivity contribution in [1.29, 1.82) is 0 Å². The summed E-state index contributed by atoms with van der Waals surface area (Å²) < 4.78 is 5.56. The van der Waals surface area contributed by atoms with E-state index in [2.05, 4.69) is 10.6 Å². The Balaban J connectivity index is 1.80. The summed E-state index contributed by atoms with van der Waals surface area (Å²) in [6.45, 7) is 4.39. The lowest BCUT2D eigenvalue weighted by molar-refractivity contribution is -0.115. The van der Waals surface area contributed by atoms with Crippen molar-refractivity contribution < 1.29 is 9.53 Å². The number of anilines is 2. The molecule has 0 aliphatic carbocycles. The number of nitrogens with one attached hydrogen (secondary N) is 2. The number of rotatable bonds is 7. The summed E-state index contributed by atoms with van der Waals surface area (Å²) in [6, 6.07) is 12.5. The average molecular weight is 367 g/mol. The highest BCUT2D eigenvalue weighted by Crippen LogP contribution is 2.25. The van der Waals surface area contributed by atoms with E-state index in [1.165, 1.54) is 0 Å². The summed E-state index contributed by atoms with van der Waals surface area (Å²) in [7, 11) is 0. The highest BCUT2D eigenvalue weighted by molar-refractivity contribution is 6.35. The van der Waals surface area contributed by atoms with Gasteiger partial charge in [-0.2, -0.15) is 0 Å². The van der Waals surface area contributed by atoms with Crippen LogP contribution >= 0.6 is 23.2 Å². The van der Waals surface area contributed by atoms with E-state index in [1.807, 2.05) is 38.1 Å². The maximum atomic E-state index is 12.0. The van der Waals surface area contributed by atoms with Gasteiger partial charge in [0.05, 0.1) is 16.8 Å². The van der Waals surface area contributed by atoms with Crippen molar-refractivity contribution in [3.05, 3.63) is 52.5 Å². The van der Waals surface area contributed by atoms with Crippen LogP contribution in [0.4, 0.5) is 11.4 Å². The first-order valence-corrected chi connectivity index (χ1v) is 8.45. The largest absolute Gasteiger partial charge is 0.491 e. The van der Waals surface area contributed by atoms with Gasteiger partial charge < -0.3 is 15.4 Å². The van der Waals surface area contributed by atoms with Gasteiger partial charge >= 0.3 is 0 Å². The molecule has 2 rings (SSSR count). The molecular formula is C18H20Cl2N2O2. The van der Waals surface area contributed by atoms with Crippen LogP contribution in [-0.4, -0.2) is 18.6 Å². The summed E-state index contributed by atoms with van der Waals surface area (Å²) in [6.07, 6.45) is 0.433. The van der Waals surface area contributed by atoms with E-state index in [-0.39, 0.29) is 12.0 Å². The number of benzene rings is 2. The Hall–Kier alpha value is -1.91. The van der Waals surface area contributed by atoms with Crippen molar-refractivity contribution in [2.75, 3.05) is 17.2 Å². The smallest absolute Gasteiger partial charge is 0.226 e. The van der Waals surface area contributed by atoms with Gasteiger partial charge in [-0.3, -0.25) is 4.79 Å². The van der Waals surface area contributed by atoms with Crippen LogP contribution in [0.5, 0.6) is 5.75 Å². The molecule has 0 saturated carbocycles. The number of hydrogen-bond acceptors (Lipinski definition) is 3. The molecular weight excluding hydrogens is 347 g/mol. The average Bonchev–Trinajstić information content (AvgIpc) is 2.52. The lowest BCUT2D eigenvalue weighted by atomic mass is 10.2. The van der Waals surface area contributed by atoms with Gasteiger partial charge in [-0.25, -0.2) is 0 Å². The van der Waals surface area contributed by atoms with E-state index in [9.17, 15) is 4.79 Å². The number of carbonyl (C=O) groups excluding carboxylic acids is 1. The molecule has 4 nitrogen and oxygen atoms in total. The number of halogens is 2. The minimum atomic E-state index is -0.0850. The molecule has 0 heterocycles. The van der Waals surface area contributed by atoms with E-state index in [0.29, 0.717) is 28.7 Å². The molecule has 0 aliphatic rings. The third-order valence-electron chi connectivity index (χ3n) is 3.11. The fraction of sp³-hybridized carbons (Fsp3) is 0.278. The molecule has 0 aromatic heterocycles. The fourth-order valence-electron chi connectivity index (χ4n) is 2.06. The molecule has 0 radical (unpaired) electrons. The third-order valence-corrected chi connectivity index (χ3v) is 3.67. The summed E-state index contributed by atoms with van der Waals surface area (Å²) >= 11 is 12.0. The maximum Gasteiger partial charge on any atom is 0.226 e. The first kappa shape index (κ1) is 18.4. The van der Waals surface area contributed by atoms with Gasteiger partial charge in [-0.05, 0) is 56.3 Å². The predicted octanol–water partition coefficient (Wildman–Crippen LogP) is 5.22. The molecule has 0 saturated heterocycles. The van der Waals surface area contributed by atoms with Crippen LogP contribution in [0.2, 0.25) is 10.0 Å². The van der Waals surface area contributed by atoms with E-state index in [4.69, 9.17) is 27.9 Å². The van der Waals surface area contributed by atoms with Crippen molar-refractivity contribution in [2.24, 2.45) is 0 Å². The summed E-state index contributed by atoms with van der Waals surface area (Å²) in [5.41, 5.74) is 1.45. The molecule has 2 aromatic rings. The van der Waals surface area contributed by atoms with Gasteiger partial charge in [0, 0.05) is 23.7 Å². The second kappa shape index (κ2) is 8.81. The van der Waals surface area contributed by atoms with Gasteiger partial charge in [0.2, 0.25) is 5.91 Å². The Morgan fingerprint density at radius 2 is 1.83 bits per heavy atom. The van der Waals surface area contributed by atoms with Crippen LogP contribution in [-0.2, 0) is 4.79 Å². The molecule has 6 heteroatoms. The zero-order valence-electron chi connectivity index (χ0n) is 13.6. The lowest BCUT2D eigenvalue weighted by Crippen LogP contribution is -2.16. The number of hydrogen-bond donors (Lipinski definition) is 2. The Bertz CT molecular complexity index is 688. The van der Waals surface area contributed by atoms with E-state index in [1.54, 1.807) is 18.2 Å². The second-order valence-corrected chi connectivity index (χ2v) is 6.38.